The minimum absolute atomic E-state index is 0.168. The first-order valence-electron chi connectivity index (χ1n) is 6.86. The molecule has 0 aliphatic heterocycles. The topological polar surface area (TPSA) is 54.1 Å². The molecule has 0 unspecified atom stereocenters. The third-order valence-corrected chi connectivity index (χ3v) is 3.70. The molecular weight excluding hydrogens is 300 g/mol. The van der Waals surface area contributed by atoms with Gasteiger partial charge in [-0.1, -0.05) is 35.9 Å². The summed E-state index contributed by atoms with van der Waals surface area (Å²) in [5, 5.41) is 4.47. The zero-order chi connectivity index (χ0) is 15.5. The summed E-state index contributed by atoms with van der Waals surface area (Å²) < 4.78 is 5.27. The number of fused-ring (bicyclic) bond motifs is 1. The Bertz CT molecular complexity index is 826. The van der Waals surface area contributed by atoms with Crippen LogP contribution in [0, 0.1) is 0 Å². The van der Waals surface area contributed by atoms with E-state index in [2.05, 4.69) is 10.3 Å². The number of halogens is 1. The number of hydrogen-bond acceptors (Lipinski definition) is 2. The van der Waals surface area contributed by atoms with E-state index in [1.54, 1.807) is 19.2 Å². The Morgan fingerprint density at radius 2 is 2.05 bits per heavy atom. The van der Waals surface area contributed by atoms with Gasteiger partial charge in [-0.25, -0.2) is 0 Å². The molecule has 0 radical (unpaired) electrons. The molecule has 22 heavy (non-hydrogen) atoms. The number of aromatic nitrogens is 1. The van der Waals surface area contributed by atoms with Crippen molar-refractivity contribution in [2.75, 3.05) is 7.11 Å². The van der Waals surface area contributed by atoms with Crippen LogP contribution in [-0.4, -0.2) is 18.0 Å². The SMILES string of the molecule is COc1ccccc1CNC(=O)c1cc2ccc(Cl)cc2[nH]1. The van der Waals surface area contributed by atoms with Crippen molar-refractivity contribution >= 4 is 28.4 Å². The summed E-state index contributed by atoms with van der Waals surface area (Å²) >= 11 is 5.95. The van der Waals surface area contributed by atoms with Crippen molar-refractivity contribution in [3.05, 3.63) is 64.8 Å². The van der Waals surface area contributed by atoms with Crippen LogP contribution in [0.1, 0.15) is 16.1 Å². The summed E-state index contributed by atoms with van der Waals surface area (Å²) in [7, 11) is 1.61. The number of aromatic amines is 1. The van der Waals surface area contributed by atoms with Gasteiger partial charge in [0.05, 0.1) is 7.11 Å². The quantitative estimate of drug-likeness (QED) is 0.770. The normalized spacial score (nSPS) is 10.6. The third kappa shape index (κ3) is 2.92. The highest BCUT2D eigenvalue weighted by Crippen LogP contribution is 2.20. The summed E-state index contributed by atoms with van der Waals surface area (Å²) in [4.78, 5) is 15.3. The van der Waals surface area contributed by atoms with Crippen LogP contribution >= 0.6 is 11.6 Å². The molecule has 0 saturated carbocycles. The maximum atomic E-state index is 12.3. The van der Waals surface area contributed by atoms with Crippen LogP contribution in [0.25, 0.3) is 10.9 Å². The fourth-order valence-electron chi connectivity index (χ4n) is 2.34. The summed E-state index contributed by atoms with van der Waals surface area (Å²) in [6.07, 6.45) is 0. The Morgan fingerprint density at radius 1 is 1.23 bits per heavy atom. The zero-order valence-electron chi connectivity index (χ0n) is 12.0. The monoisotopic (exact) mass is 314 g/mol. The number of carbonyl (C=O) groups is 1. The van der Waals surface area contributed by atoms with Gasteiger partial charge >= 0.3 is 0 Å². The van der Waals surface area contributed by atoms with E-state index in [1.165, 1.54) is 0 Å². The van der Waals surface area contributed by atoms with Gasteiger partial charge in [0.25, 0.3) is 5.91 Å². The molecule has 0 aliphatic rings. The van der Waals surface area contributed by atoms with Crippen molar-refractivity contribution < 1.29 is 9.53 Å². The first-order chi connectivity index (χ1) is 10.7. The number of H-pyrrole nitrogens is 1. The first kappa shape index (κ1) is 14.5. The molecule has 0 spiro atoms. The molecule has 1 amide bonds. The maximum Gasteiger partial charge on any atom is 0.267 e. The molecule has 2 aromatic carbocycles. The zero-order valence-corrected chi connectivity index (χ0v) is 12.8. The van der Waals surface area contributed by atoms with Crippen LogP contribution in [0.15, 0.2) is 48.5 Å². The summed E-state index contributed by atoms with van der Waals surface area (Å²) in [5.74, 6) is 0.587. The van der Waals surface area contributed by atoms with Gasteiger partial charge in [0.15, 0.2) is 0 Å². The Kier molecular flexibility index (Phi) is 4.02. The molecule has 1 heterocycles. The molecule has 3 aromatic rings. The van der Waals surface area contributed by atoms with Crippen LogP contribution in [0.4, 0.5) is 0 Å². The molecule has 0 atom stereocenters. The minimum Gasteiger partial charge on any atom is -0.496 e. The number of amides is 1. The Hall–Kier alpha value is -2.46. The molecular formula is C17H15ClN2O2. The second kappa shape index (κ2) is 6.12. The molecule has 112 valence electrons. The van der Waals surface area contributed by atoms with Crippen molar-refractivity contribution in [1.29, 1.82) is 0 Å². The van der Waals surface area contributed by atoms with Gasteiger partial charge in [-0.3, -0.25) is 4.79 Å². The lowest BCUT2D eigenvalue weighted by Gasteiger charge is -2.08. The Labute approximate surface area is 133 Å². The molecule has 0 saturated heterocycles. The van der Waals surface area contributed by atoms with Crippen molar-refractivity contribution in [2.24, 2.45) is 0 Å². The number of rotatable bonds is 4. The predicted molar refractivity (Wildman–Crippen MR) is 87.5 cm³/mol. The van der Waals surface area contributed by atoms with E-state index in [0.717, 1.165) is 22.2 Å². The lowest BCUT2D eigenvalue weighted by Crippen LogP contribution is -2.23. The van der Waals surface area contributed by atoms with Gasteiger partial charge in [-0.05, 0) is 24.3 Å². The van der Waals surface area contributed by atoms with Gasteiger partial charge in [0.2, 0.25) is 0 Å². The number of benzene rings is 2. The second-order valence-electron chi connectivity index (χ2n) is 4.91. The average Bonchev–Trinajstić information content (AvgIpc) is 2.96. The molecule has 2 N–H and O–H groups in total. The van der Waals surface area contributed by atoms with Gasteiger partial charge in [0.1, 0.15) is 11.4 Å². The number of carbonyl (C=O) groups excluding carboxylic acids is 1. The van der Waals surface area contributed by atoms with Crippen molar-refractivity contribution in [2.45, 2.75) is 6.54 Å². The fraction of sp³-hybridized carbons (Fsp3) is 0.118. The number of hydrogen-bond donors (Lipinski definition) is 2. The van der Waals surface area contributed by atoms with E-state index >= 15 is 0 Å². The molecule has 0 fully saturated rings. The summed E-state index contributed by atoms with van der Waals surface area (Å²) in [6.45, 7) is 0.402. The number of ether oxygens (including phenoxy) is 1. The van der Waals surface area contributed by atoms with E-state index < -0.39 is 0 Å². The van der Waals surface area contributed by atoms with Crippen molar-refractivity contribution in [3.63, 3.8) is 0 Å². The lowest BCUT2D eigenvalue weighted by atomic mass is 10.2. The van der Waals surface area contributed by atoms with Gasteiger partial charge in [0, 0.05) is 28.0 Å². The predicted octanol–water partition coefficient (Wildman–Crippen LogP) is 3.76. The Morgan fingerprint density at radius 3 is 2.86 bits per heavy atom. The average molecular weight is 315 g/mol. The third-order valence-electron chi connectivity index (χ3n) is 3.46. The van der Waals surface area contributed by atoms with Crippen molar-refractivity contribution in [1.82, 2.24) is 10.3 Å². The van der Waals surface area contributed by atoms with E-state index in [4.69, 9.17) is 16.3 Å². The van der Waals surface area contributed by atoms with E-state index in [1.807, 2.05) is 36.4 Å². The fourth-order valence-corrected chi connectivity index (χ4v) is 2.51. The highest BCUT2D eigenvalue weighted by atomic mass is 35.5. The number of para-hydroxylation sites is 1. The van der Waals surface area contributed by atoms with Gasteiger partial charge < -0.3 is 15.0 Å². The van der Waals surface area contributed by atoms with Gasteiger partial charge in [-0.2, -0.15) is 0 Å². The van der Waals surface area contributed by atoms with E-state index in [9.17, 15) is 4.79 Å². The van der Waals surface area contributed by atoms with Crippen molar-refractivity contribution in [3.8, 4) is 5.75 Å². The number of methoxy groups -OCH3 is 1. The highest BCUT2D eigenvalue weighted by molar-refractivity contribution is 6.31. The molecule has 0 bridgehead atoms. The lowest BCUT2D eigenvalue weighted by molar-refractivity contribution is 0.0946. The Balaban J connectivity index is 1.76. The standard InChI is InChI=1S/C17H15ClN2O2/c1-22-16-5-3-2-4-12(16)10-19-17(21)15-8-11-6-7-13(18)9-14(11)20-15/h2-9,20H,10H2,1H3,(H,19,21). The van der Waals surface area contributed by atoms with Crippen LogP contribution in [0.3, 0.4) is 0 Å². The van der Waals surface area contributed by atoms with E-state index in [0.29, 0.717) is 17.3 Å². The minimum atomic E-state index is -0.168. The highest BCUT2D eigenvalue weighted by Gasteiger charge is 2.10. The first-order valence-corrected chi connectivity index (χ1v) is 7.23. The summed E-state index contributed by atoms with van der Waals surface area (Å²) in [5.41, 5.74) is 2.28. The maximum absolute atomic E-state index is 12.3. The van der Waals surface area contributed by atoms with E-state index in [-0.39, 0.29) is 5.91 Å². The smallest absolute Gasteiger partial charge is 0.267 e. The second-order valence-corrected chi connectivity index (χ2v) is 5.35. The largest absolute Gasteiger partial charge is 0.496 e. The molecule has 4 nitrogen and oxygen atoms in total. The molecule has 1 aromatic heterocycles. The molecule has 3 rings (SSSR count). The van der Waals surface area contributed by atoms with Crippen LogP contribution in [-0.2, 0) is 6.54 Å². The molecule has 0 aliphatic carbocycles. The summed E-state index contributed by atoms with van der Waals surface area (Å²) in [6, 6.07) is 14.9. The van der Waals surface area contributed by atoms with Crippen LogP contribution in [0.2, 0.25) is 5.02 Å². The van der Waals surface area contributed by atoms with Crippen LogP contribution in [0.5, 0.6) is 5.75 Å². The molecule has 5 heteroatoms. The number of nitrogens with one attached hydrogen (secondary N) is 2. The van der Waals surface area contributed by atoms with Gasteiger partial charge in [-0.15, -0.1) is 0 Å². The van der Waals surface area contributed by atoms with Crippen LogP contribution < -0.4 is 10.1 Å².